The van der Waals surface area contributed by atoms with Gasteiger partial charge in [0.15, 0.2) is 6.17 Å². The van der Waals surface area contributed by atoms with Gasteiger partial charge in [-0.15, -0.1) is 0 Å². The van der Waals surface area contributed by atoms with Crippen molar-refractivity contribution in [3.05, 3.63) is 54.6 Å². The molecule has 0 radical (unpaired) electrons. The van der Waals surface area contributed by atoms with Crippen LogP contribution in [0.4, 0.5) is 0 Å². The molecule has 9 heteroatoms. The minimum Gasteiger partial charge on any atom is -0.479 e. The minimum atomic E-state index is -4.09. The van der Waals surface area contributed by atoms with E-state index in [0.717, 1.165) is 4.31 Å². The normalized spacial score (nSPS) is 18.2. The molecule has 1 amide bonds. The van der Waals surface area contributed by atoms with Crippen LogP contribution in [0.2, 0.25) is 0 Å². The molecule has 26 heavy (non-hydrogen) atoms. The molecule has 8 nitrogen and oxygen atoms in total. The molecule has 0 aromatic heterocycles. The Morgan fingerprint density at radius 2 is 1.69 bits per heavy atom. The van der Waals surface area contributed by atoms with Crippen LogP contribution in [0.5, 0.6) is 11.5 Å². The lowest BCUT2D eigenvalue weighted by atomic mass is 10.3. The zero-order valence-corrected chi connectivity index (χ0v) is 14.3. The number of ether oxygens (including phenoxy) is 1. The van der Waals surface area contributed by atoms with E-state index in [1.807, 2.05) is 18.2 Å². The van der Waals surface area contributed by atoms with Crippen molar-refractivity contribution in [1.29, 1.82) is 0 Å². The SMILES string of the molecule is O=C1CCN(S(=O)(=O)c2ccc(Oc3ccccc3)cc2)[C@H](C(=O)O)N1. The Labute approximate surface area is 150 Å². The van der Waals surface area contributed by atoms with Crippen molar-refractivity contribution in [3.63, 3.8) is 0 Å². The summed E-state index contributed by atoms with van der Waals surface area (Å²) in [7, 11) is -4.09. The summed E-state index contributed by atoms with van der Waals surface area (Å²) < 4.78 is 31.9. The number of benzene rings is 2. The van der Waals surface area contributed by atoms with Crippen molar-refractivity contribution in [1.82, 2.24) is 9.62 Å². The van der Waals surface area contributed by atoms with E-state index < -0.39 is 28.1 Å². The molecule has 1 atom stereocenters. The van der Waals surface area contributed by atoms with Crippen molar-refractivity contribution in [3.8, 4) is 11.5 Å². The van der Waals surface area contributed by atoms with Crippen molar-refractivity contribution in [2.75, 3.05) is 6.54 Å². The van der Waals surface area contributed by atoms with Gasteiger partial charge in [-0.2, -0.15) is 4.31 Å². The van der Waals surface area contributed by atoms with Crippen molar-refractivity contribution in [2.45, 2.75) is 17.5 Å². The number of hydrogen-bond donors (Lipinski definition) is 2. The fourth-order valence-electron chi connectivity index (χ4n) is 2.52. The molecule has 2 aromatic carbocycles. The molecule has 1 heterocycles. The van der Waals surface area contributed by atoms with Gasteiger partial charge in [-0.1, -0.05) is 18.2 Å². The van der Waals surface area contributed by atoms with Gasteiger partial charge >= 0.3 is 5.97 Å². The second kappa shape index (κ2) is 7.14. The van der Waals surface area contributed by atoms with E-state index in [2.05, 4.69) is 5.32 Å². The van der Waals surface area contributed by atoms with Crippen LogP contribution in [0.1, 0.15) is 6.42 Å². The number of rotatable bonds is 5. The number of amides is 1. The van der Waals surface area contributed by atoms with Crippen LogP contribution in [0.15, 0.2) is 59.5 Å². The van der Waals surface area contributed by atoms with Crippen LogP contribution >= 0.6 is 0 Å². The number of carboxylic acids is 1. The summed E-state index contributed by atoms with van der Waals surface area (Å²) >= 11 is 0. The van der Waals surface area contributed by atoms with Crippen LogP contribution in [-0.2, 0) is 19.6 Å². The molecule has 0 aliphatic carbocycles. The van der Waals surface area contributed by atoms with Gasteiger partial charge in [0.1, 0.15) is 11.5 Å². The summed E-state index contributed by atoms with van der Waals surface area (Å²) in [6, 6.07) is 14.6. The molecule has 136 valence electrons. The van der Waals surface area contributed by atoms with E-state index in [1.54, 1.807) is 12.1 Å². The largest absolute Gasteiger partial charge is 0.479 e. The summed E-state index contributed by atoms with van der Waals surface area (Å²) in [5, 5.41) is 11.4. The number of nitrogens with one attached hydrogen (secondary N) is 1. The van der Waals surface area contributed by atoms with Gasteiger partial charge in [0, 0.05) is 13.0 Å². The van der Waals surface area contributed by atoms with Gasteiger partial charge in [-0.05, 0) is 36.4 Å². The van der Waals surface area contributed by atoms with E-state index in [1.165, 1.54) is 24.3 Å². The Kier molecular flexibility index (Phi) is 4.92. The summed E-state index contributed by atoms with van der Waals surface area (Å²) in [5.74, 6) is -0.897. The fraction of sp³-hybridized carbons (Fsp3) is 0.176. The van der Waals surface area contributed by atoms with Crippen LogP contribution in [0.25, 0.3) is 0 Å². The molecule has 1 aliphatic heterocycles. The first-order valence-corrected chi connectivity index (χ1v) is 9.19. The topological polar surface area (TPSA) is 113 Å². The maximum Gasteiger partial charge on any atom is 0.342 e. The third kappa shape index (κ3) is 3.68. The van der Waals surface area contributed by atoms with E-state index in [4.69, 9.17) is 4.74 Å². The van der Waals surface area contributed by atoms with Gasteiger partial charge in [-0.3, -0.25) is 4.79 Å². The monoisotopic (exact) mass is 376 g/mol. The second-order valence-corrected chi connectivity index (χ2v) is 7.45. The minimum absolute atomic E-state index is 0.0830. The number of aliphatic carboxylic acids is 1. The lowest BCUT2D eigenvalue weighted by Gasteiger charge is -2.32. The predicted octanol–water partition coefficient (Wildman–Crippen LogP) is 1.40. The van der Waals surface area contributed by atoms with Crippen LogP contribution in [0, 0.1) is 0 Å². The van der Waals surface area contributed by atoms with E-state index in [-0.39, 0.29) is 17.9 Å². The van der Waals surface area contributed by atoms with Crippen LogP contribution < -0.4 is 10.1 Å². The first-order chi connectivity index (χ1) is 12.4. The van der Waals surface area contributed by atoms with Gasteiger partial charge in [0.25, 0.3) is 0 Å². The number of carbonyl (C=O) groups excluding carboxylic acids is 1. The fourth-order valence-corrected chi connectivity index (χ4v) is 4.02. The number of sulfonamides is 1. The highest BCUT2D eigenvalue weighted by molar-refractivity contribution is 7.89. The molecule has 0 bridgehead atoms. The second-order valence-electron chi connectivity index (χ2n) is 5.56. The molecule has 1 saturated heterocycles. The van der Waals surface area contributed by atoms with Crippen molar-refractivity contribution >= 4 is 21.9 Å². The Hall–Kier alpha value is -2.91. The third-order valence-electron chi connectivity index (χ3n) is 3.79. The van der Waals surface area contributed by atoms with Gasteiger partial charge in [-0.25, -0.2) is 13.2 Å². The molecule has 2 aromatic rings. The number of hydrogen-bond acceptors (Lipinski definition) is 5. The smallest absolute Gasteiger partial charge is 0.342 e. The Bertz CT molecular complexity index is 912. The van der Waals surface area contributed by atoms with Crippen molar-refractivity contribution < 1.29 is 27.9 Å². The molecule has 1 aliphatic rings. The lowest BCUT2D eigenvalue weighted by molar-refractivity contribution is -0.147. The lowest BCUT2D eigenvalue weighted by Crippen LogP contribution is -2.59. The van der Waals surface area contributed by atoms with Crippen molar-refractivity contribution in [2.24, 2.45) is 0 Å². The Morgan fingerprint density at radius 3 is 2.31 bits per heavy atom. The van der Waals surface area contributed by atoms with E-state index in [9.17, 15) is 23.1 Å². The maximum absolute atomic E-state index is 12.7. The average Bonchev–Trinajstić information content (AvgIpc) is 2.62. The van der Waals surface area contributed by atoms with Gasteiger partial charge in [0.2, 0.25) is 15.9 Å². The first-order valence-electron chi connectivity index (χ1n) is 7.75. The average molecular weight is 376 g/mol. The third-order valence-corrected chi connectivity index (χ3v) is 5.67. The zero-order valence-electron chi connectivity index (χ0n) is 13.5. The summed E-state index contributed by atoms with van der Waals surface area (Å²) in [5.41, 5.74) is 0. The summed E-state index contributed by atoms with van der Waals surface area (Å²) in [6.45, 7) is -0.201. The molecule has 0 spiro atoms. The Balaban J connectivity index is 1.83. The molecule has 0 saturated carbocycles. The number of carbonyl (C=O) groups is 2. The summed E-state index contributed by atoms with van der Waals surface area (Å²) in [4.78, 5) is 22.6. The molecule has 3 rings (SSSR count). The zero-order chi connectivity index (χ0) is 18.7. The van der Waals surface area contributed by atoms with Crippen LogP contribution in [0.3, 0.4) is 0 Å². The first kappa shape index (κ1) is 17.9. The predicted molar refractivity (Wildman–Crippen MR) is 91.0 cm³/mol. The molecular formula is C17H16N2O6S. The molecule has 1 fully saturated rings. The quantitative estimate of drug-likeness (QED) is 0.816. The van der Waals surface area contributed by atoms with Gasteiger partial charge < -0.3 is 15.2 Å². The number of nitrogens with zero attached hydrogens (tertiary/aromatic N) is 1. The molecule has 2 N–H and O–H groups in total. The van der Waals surface area contributed by atoms with Crippen LogP contribution in [-0.4, -0.2) is 42.4 Å². The van der Waals surface area contributed by atoms with E-state index in [0.29, 0.717) is 11.5 Å². The highest BCUT2D eigenvalue weighted by atomic mass is 32.2. The molecular weight excluding hydrogens is 360 g/mol. The number of carboxylic acid groups (broad SMARTS) is 1. The highest BCUT2D eigenvalue weighted by Gasteiger charge is 2.40. The standard InChI is InChI=1S/C17H16N2O6S/c20-15-10-11-19(16(18-15)17(21)22)26(23,24)14-8-6-13(7-9-14)25-12-4-2-1-3-5-12/h1-9,16H,10-11H2,(H,18,20)(H,21,22)/t16-/m1/s1. The Morgan fingerprint density at radius 1 is 1.08 bits per heavy atom. The number of para-hydroxylation sites is 1. The van der Waals surface area contributed by atoms with E-state index >= 15 is 0 Å². The maximum atomic E-state index is 12.7. The molecule has 0 unspecified atom stereocenters. The summed E-state index contributed by atoms with van der Waals surface area (Å²) in [6.07, 6.45) is -1.72. The van der Waals surface area contributed by atoms with Gasteiger partial charge in [0.05, 0.1) is 4.90 Å². The highest BCUT2D eigenvalue weighted by Crippen LogP contribution is 2.25.